The molecule has 2 aromatic carbocycles. The number of nitrogens with zero attached hydrogens (tertiary/aromatic N) is 3. The first-order valence-electron chi connectivity index (χ1n) is 8.02. The Hall–Kier alpha value is -2.39. The smallest absolute Gasteiger partial charge is 0.129 e. The molecule has 118 valence electrons. The molecule has 0 N–H and O–H groups in total. The highest BCUT2D eigenvalue weighted by Gasteiger charge is 2.10. The highest BCUT2D eigenvalue weighted by molar-refractivity contribution is 5.80. The quantitative estimate of drug-likeness (QED) is 0.690. The molecule has 0 unspecified atom stereocenters. The highest BCUT2D eigenvalue weighted by atomic mass is 15.2. The zero-order chi connectivity index (χ0) is 16.1. The van der Waals surface area contributed by atoms with Crippen LogP contribution in [0.2, 0.25) is 0 Å². The van der Waals surface area contributed by atoms with Crippen LogP contribution in [0.1, 0.15) is 5.56 Å². The molecule has 1 aromatic heterocycles. The number of rotatable bonds is 6. The third-order valence-electron chi connectivity index (χ3n) is 3.94. The van der Waals surface area contributed by atoms with Crippen LogP contribution >= 0.6 is 0 Å². The minimum Gasteiger partial charge on any atom is -0.351 e. The van der Waals surface area contributed by atoms with E-state index in [0.717, 1.165) is 31.0 Å². The number of aromatic nitrogens is 1. The van der Waals surface area contributed by atoms with Crippen molar-refractivity contribution in [2.45, 2.75) is 6.54 Å². The van der Waals surface area contributed by atoms with Crippen molar-refractivity contribution in [1.29, 1.82) is 0 Å². The van der Waals surface area contributed by atoms with Crippen LogP contribution in [0.4, 0.5) is 5.82 Å². The molecule has 3 heteroatoms. The number of para-hydroxylation sites is 1. The molecule has 23 heavy (non-hydrogen) atoms. The number of hydrogen-bond acceptors (Lipinski definition) is 3. The Bertz CT molecular complexity index is 753. The van der Waals surface area contributed by atoms with Gasteiger partial charge < -0.3 is 9.80 Å². The van der Waals surface area contributed by atoms with Gasteiger partial charge >= 0.3 is 0 Å². The number of hydrogen-bond donors (Lipinski definition) is 0. The Morgan fingerprint density at radius 2 is 1.52 bits per heavy atom. The first-order chi connectivity index (χ1) is 11.2. The van der Waals surface area contributed by atoms with Crippen molar-refractivity contribution in [2.75, 3.05) is 32.1 Å². The van der Waals surface area contributed by atoms with Crippen LogP contribution < -0.4 is 4.90 Å². The highest BCUT2D eigenvalue weighted by Crippen LogP contribution is 2.19. The summed E-state index contributed by atoms with van der Waals surface area (Å²) in [6.07, 6.45) is 0. The summed E-state index contributed by atoms with van der Waals surface area (Å²) in [4.78, 5) is 9.41. The van der Waals surface area contributed by atoms with Gasteiger partial charge in [0.15, 0.2) is 0 Å². The van der Waals surface area contributed by atoms with E-state index < -0.39 is 0 Å². The van der Waals surface area contributed by atoms with E-state index in [0.29, 0.717) is 0 Å². The van der Waals surface area contributed by atoms with Gasteiger partial charge in [0.05, 0.1) is 5.52 Å². The number of likely N-dealkylation sites (N-methyl/N-ethyl adjacent to an activating group) is 1. The third kappa shape index (κ3) is 4.08. The lowest BCUT2D eigenvalue weighted by atomic mass is 10.2. The summed E-state index contributed by atoms with van der Waals surface area (Å²) in [5.41, 5.74) is 2.36. The van der Waals surface area contributed by atoms with Crippen LogP contribution in [0, 0.1) is 0 Å². The summed E-state index contributed by atoms with van der Waals surface area (Å²) in [5.74, 6) is 1.04. The molecular weight excluding hydrogens is 282 g/mol. The SMILES string of the molecule is CN(C)CCN(Cc1ccccc1)c1ccc2ccccc2n1. The van der Waals surface area contributed by atoms with Crippen LogP contribution in [0.3, 0.4) is 0 Å². The zero-order valence-corrected chi connectivity index (χ0v) is 13.8. The normalized spacial score (nSPS) is 11.1. The van der Waals surface area contributed by atoms with Crippen molar-refractivity contribution in [1.82, 2.24) is 9.88 Å². The number of anilines is 1. The Kier molecular flexibility index (Phi) is 4.89. The fourth-order valence-corrected chi connectivity index (χ4v) is 2.63. The topological polar surface area (TPSA) is 19.4 Å². The van der Waals surface area contributed by atoms with Crippen LogP contribution in [0.5, 0.6) is 0 Å². The largest absolute Gasteiger partial charge is 0.351 e. The monoisotopic (exact) mass is 305 g/mol. The van der Waals surface area contributed by atoms with Gasteiger partial charge in [0.1, 0.15) is 5.82 Å². The first-order valence-corrected chi connectivity index (χ1v) is 8.02. The molecule has 1 heterocycles. The first kappa shape index (κ1) is 15.5. The van der Waals surface area contributed by atoms with Gasteiger partial charge in [-0.3, -0.25) is 0 Å². The standard InChI is InChI=1S/C20H23N3/c1-22(2)14-15-23(16-17-8-4-3-5-9-17)20-13-12-18-10-6-7-11-19(18)21-20/h3-13H,14-16H2,1-2H3. The molecule has 0 radical (unpaired) electrons. The van der Waals surface area contributed by atoms with Gasteiger partial charge in [-0.1, -0.05) is 48.5 Å². The molecule has 0 aliphatic heterocycles. The zero-order valence-electron chi connectivity index (χ0n) is 13.8. The predicted molar refractivity (Wildman–Crippen MR) is 97.8 cm³/mol. The summed E-state index contributed by atoms with van der Waals surface area (Å²) in [7, 11) is 4.21. The maximum atomic E-state index is 4.86. The summed E-state index contributed by atoms with van der Waals surface area (Å²) in [6.45, 7) is 2.83. The summed E-state index contributed by atoms with van der Waals surface area (Å²) >= 11 is 0. The molecule has 0 saturated heterocycles. The average molecular weight is 305 g/mol. The number of benzene rings is 2. The van der Waals surface area contributed by atoms with E-state index in [9.17, 15) is 0 Å². The van der Waals surface area contributed by atoms with E-state index in [1.807, 2.05) is 6.07 Å². The minimum absolute atomic E-state index is 0.875. The summed E-state index contributed by atoms with van der Waals surface area (Å²) in [5, 5.41) is 1.18. The van der Waals surface area contributed by atoms with Gasteiger partial charge in [0.2, 0.25) is 0 Å². The molecule has 3 aromatic rings. The van der Waals surface area contributed by atoms with Crippen LogP contribution in [0.25, 0.3) is 10.9 Å². The van der Waals surface area contributed by atoms with E-state index in [4.69, 9.17) is 4.98 Å². The second kappa shape index (κ2) is 7.25. The second-order valence-electron chi connectivity index (χ2n) is 6.07. The molecule has 3 nitrogen and oxygen atoms in total. The van der Waals surface area contributed by atoms with E-state index in [-0.39, 0.29) is 0 Å². The average Bonchev–Trinajstić information content (AvgIpc) is 2.59. The van der Waals surface area contributed by atoms with Crippen molar-refractivity contribution >= 4 is 16.7 Å². The van der Waals surface area contributed by atoms with Crippen molar-refractivity contribution in [3.05, 3.63) is 72.3 Å². The van der Waals surface area contributed by atoms with E-state index in [1.54, 1.807) is 0 Å². The molecule has 0 fully saturated rings. The minimum atomic E-state index is 0.875. The lowest BCUT2D eigenvalue weighted by Gasteiger charge is -2.26. The molecular formula is C20H23N3. The fourth-order valence-electron chi connectivity index (χ4n) is 2.63. The Balaban J connectivity index is 1.88. The number of pyridine rings is 1. The molecule has 0 amide bonds. The van der Waals surface area contributed by atoms with Crippen LogP contribution in [-0.2, 0) is 6.54 Å². The maximum Gasteiger partial charge on any atom is 0.129 e. The maximum absolute atomic E-state index is 4.86. The van der Waals surface area contributed by atoms with Crippen molar-refractivity contribution in [3.63, 3.8) is 0 Å². The Morgan fingerprint density at radius 1 is 0.783 bits per heavy atom. The number of fused-ring (bicyclic) bond motifs is 1. The molecule has 0 saturated carbocycles. The molecule has 0 aliphatic carbocycles. The lowest BCUT2D eigenvalue weighted by molar-refractivity contribution is 0.412. The fraction of sp³-hybridized carbons (Fsp3) is 0.250. The van der Waals surface area contributed by atoms with Crippen molar-refractivity contribution < 1.29 is 0 Å². The molecule has 0 bridgehead atoms. The van der Waals surface area contributed by atoms with Gasteiger partial charge in [0, 0.05) is 25.0 Å². The molecule has 0 atom stereocenters. The van der Waals surface area contributed by atoms with Gasteiger partial charge in [-0.2, -0.15) is 0 Å². The van der Waals surface area contributed by atoms with Crippen LogP contribution in [-0.4, -0.2) is 37.1 Å². The predicted octanol–water partition coefficient (Wildman–Crippen LogP) is 3.80. The molecule has 0 spiro atoms. The second-order valence-corrected chi connectivity index (χ2v) is 6.07. The van der Waals surface area contributed by atoms with Crippen molar-refractivity contribution in [2.24, 2.45) is 0 Å². The van der Waals surface area contributed by atoms with Crippen LogP contribution in [0.15, 0.2) is 66.7 Å². The van der Waals surface area contributed by atoms with Gasteiger partial charge in [0.25, 0.3) is 0 Å². The third-order valence-corrected chi connectivity index (χ3v) is 3.94. The lowest BCUT2D eigenvalue weighted by Crippen LogP contribution is -2.31. The summed E-state index contributed by atoms with van der Waals surface area (Å²) < 4.78 is 0. The van der Waals surface area contributed by atoms with Gasteiger partial charge in [-0.25, -0.2) is 4.98 Å². The Morgan fingerprint density at radius 3 is 2.30 bits per heavy atom. The Labute approximate surface area is 138 Å². The molecule has 3 rings (SSSR count). The van der Waals surface area contributed by atoms with Crippen molar-refractivity contribution in [3.8, 4) is 0 Å². The van der Waals surface area contributed by atoms with Gasteiger partial charge in [-0.05, 0) is 37.9 Å². The van der Waals surface area contributed by atoms with Gasteiger partial charge in [-0.15, -0.1) is 0 Å². The molecule has 0 aliphatic rings. The summed E-state index contributed by atoms with van der Waals surface area (Å²) in [6, 6.07) is 23.1. The van der Waals surface area contributed by atoms with E-state index in [2.05, 4.69) is 84.6 Å². The van der Waals surface area contributed by atoms with E-state index >= 15 is 0 Å². The van der Waals surface area contributed by atoms with E-state index in [1.165, 1.54) is 10.9 Å².